The molecular formula is C22H26N2OS. The molecule has 0 radical (unpaired) electrons. The molecule has 3 nitrogen and oxygen atoms in total. The van der Waals surface area contributed by atoms with Gasteiger partial charge in [-0.1, -0.05) is 57.2 Å². The van der Waals surface area contributed by atoms with Crippen molar-refractivity contribution >= 4 is 16.5 Å². The number of hydrogen-bond acceptors (Lipinski definition) is 4. The van der Waals surface area contributed by atoms with Gasteiger partial charge in [-0.3, -0.25) is 0 Å². The number of benzene rings is 2. The van der Waals surface area contributed by atoms with Gasteiger partial charge in [0.25, 0.3) is 0 Å². The molecule has 0 aliphatic carbocycles. The van der Waals surface area contributed by atoms with Gasteiger partial charge in [-0.05, 0) is 40.7 Å². The summed E-state index contributed by atoms with van der Waals surface area (Å²) < 4.78 is 5.29. The number of nitrogens with zero attached hydrogens (tertiary/aromatic N) is 1. The molecule has 0 aliphatic rings. The monoisotopic (exact) mass is 366 g/mol. The predicted molar refractivity (Wildman–Crippen MR) is 110 cm³/mol. The number of nitrogen functional groups attached to an aromatic ring is 1. The summed E-state index contributed by atoms with van der Waals surface area (Å²) in [5.74, 6) is 1.04. The second kappa shape index (κ2) is 7.50. The third-order valence-electron chi connectivity index (χ3n) is 4.67. The molecule has 0 saturated carbocycles. The number of nitrogens with two attached hydrogens (primary N) is 1. The number of thiazole rings is 1. The average molecular weight is 367 g/mol. The smallest absolute Gasteiger partial charge is 0.180 e. The average Bonchev–Trinajstić information content (AvgIpc) is 3.05. The second-order valence-electron chi connectivity index (χ2n) is 7.59. The molecule has 0 spiro atoms. The molecule has 0 fully saturated rings. The fraction of sp³-hybridized carbons (Fsp3) is 0.318. The standard InChI is InChI=1S/C22H26N2OS/c1-22(2,3)17-9-5-15(6-10-17)13-19(20-14-26-21(23)24-20)16-7-11-18(25-4)12-8-16/h5-12,14,19H,13H2,1-4H3,(H2,23,24). The van der Waals surface area contributed by atoms with Crippen LogP contribution in [0, 0.1) is 0 Å². The lowest BCUT2D eigenvalue weighted by atomic mass is 9.85. The molecule has 0 aliphatic heterocycles. The number of ether oxygens (including phenoxy) is 1. The van der Waals surface area contributed by atoms with Crippen molar-refractivity contribution < 1.29 is 4.74 Å². The summed E-state index contributed by atoms with van der Waals surface area (Å²) in [6.45, 7) is 6.71. The molecule has 3 rings (SSSR count). The van der Waals surface area contributed by atoms with Gasteiger partial charge in [0, 0.05) is 11.3 Å². The normalized spacial score (nSPS) is 12.8. The molecule has 2 aromatic carbocycles. The summed E-state index contributed by atoms with van der Waals surface area (Å²) in [5, 5.41) is 2.68. The minimum absolute atomic E-state index is 0.164. The van der Waals surface area contributed by atoms with Crippen molar-refractivity contribution in [1.29, 1.82) is 0 Å². The van der Waals surface area contributed by atoms with E-state index in [2.05, 4.69) is 67.5 Å². The highest BCUT2D eigenvalue weighted by atomic mass is 32.1. The van der Waals surface area contributed by atoms with E-state index in [0.717, 1.165) is 17.9 Å². The number of hydrogen-bond donors (Lipinski definition) is 1. The van der Waals surface area contributed by atoms with Crippen molar-refractivity contribution in [3.63, 3.8) is 0 Å². The fourth-order valence-corrected chi connectivity index (χ4v) is 3.68. The maximum atomic E-state index is 5.89. The van der Waals surface area contributed by atoms with Crippen LogP contribution in [-0.4, -0.2) is 12.1 Å². The summed E-state index contributed by atoms with van der Waals surface area (Å²) in [6.07, 6.45) is 0.889. The third kappa shape index (κ3) is 4.25. The quantitative estimate of drug-likeness (QED) is 0.657. The Hall–Kier alpha value is -2.33. The molecule has 4 heteroatoms. The molecule has 136 valence electrons. The van der Waals surface area contributed by atoms with Crippen LogP contribution in [0.15, 0.2) is 53.9 Å². The first kappa shape index (κ1) is 18.5. The highest BCUT2D eigenvalue weighted by Gasteiger charge is 2.19. The van der Waals surface area contributed by atoms with Gasteiger partial charge in [0.05, 0.1) is 12.8 Å². The molecule has 1 atom stereocenters. The van der Waals surface area contributed by atoms with Crippen LogP contribution in [0.1, 0.15) is 49.1 Å². The van der Waals surface area contributed by atoms with E-state index >= 15 is 0 Å². The summed E-state index contributed by atoms with van der Waals surface area (Å²) in [4.78, 5) is 4.55. The van der Waals surface area contributed by atoms with E-state index in [-0.39, 0.29) is 11.3 Å². The number of aromatic nitrogens is 1. The molecule has 3 aromatic rings. The minimum Gasteiger partial charge on any atom is -0.497 e. The first-order valence-electron chi connectivity index (χ1n) is 8.81. The first-order valence-corrected chi connectivity index (χ1v) is 9.69. The summed E-state index contributed by atoms with van der Waals surface area (Å²) in [6, 6.07) is 17.2. The predicted octanol–water partition coefficient (Wildman–Crippen LogP) is 5.41. The first-order chi connectivity index (χ1) is 12.4. The lowest BCUT2D eigenvalue weighted by molar-refractivity contribution is 0.414. The van der Waals surface area contributed by atoms with Crippen LogP contribution in [0.2, 0.25) is 0 Å². The number of rotatable bonds is 5. The maximum absolute atomic E-state index is 5.89. The SMILES string of the molecule is COc1ccc(C(Cc2ccc(C(C)(C)C)cc2)c2csc(N)n2)cc1. The van der Waals surface area contributed by atoms with Crippen molar-refractivity contribution in [2.45, 2.75) is 38.5 Å². The van der Waals surface area contributed by atoms with E-state index in [1.807, 2.05) is 12.1 Å². The van der Waals surface area contributed by atoms with Gasteiger partial charge in [-0.2, -0.15) is 0 Å². The molecule has 0 amide bonds. The second-order valence-corrected chi connectivity index (χ2v) is 8.48. The topological polar surface area (TPSA) is 48.1 Å². The third-order valence-corrected chi connectivity index (χ3v) is 5.37. The molecule has 0 saturated heterocycles. The van der Waals surface area contributed by atoms with Crippen LogP contribution in [0.3, 0.4) is 0 Å². The number of methoxy groups -OCH3 is 1. The van der Waals surface area contributed by atoms with Gasteiger partial charge in [0.2, 0.25) is 0 Å². The highest BCUT2D eigenvalue weighted by molar-refractivity contribution is 7.13. The molecular weight excluding hydrogens is 340 g/mol. The highest BCUT2D eigenvalue weighted by Crippen LogP contribution is 2.32. The van der Waals surface area contributed by atoms with Crippen LogP contribution in [0.4, 0.5) is 5.13 Å². The molecule has 2 N–H and O–H groups in total. The van der Waals surface area contributed by atoms with Gasteiger partial charge in [0.1, 0.15) is 5.75 Å². The van der Waals surface area contributed by atoms with E-state index in [9.17, 15) is 0 Å². The van der Waals surface area contributed by atoms with Crippen LogP contribution in [0.5, 0.6) is 5.75 Å². The van der Waals surface area contributed by atoms with Crippen LogP contribution in [-0.2, 0) is 11.8 Å². The lowest BCUT2D eigenvalue weighted by Crippen LogP contribution is -2.11. The molecule has 1 unspecified atom stereocenters. The van der Waals surface area contributed by atoms with E-state index < -0.39 is 0 Å². The van der Waals surface area contributed by atoms with Crippen molar-refractivity contribution in [1.82, 2.24) is 4.98 Å². The summed E-state index contributed by atoms with van der Waals surface area (Å²) in [7, 11) is 1.68. The Labute approximate surface area is 159 Å². The van der Waals surface area contributed by atoms with Crippen molar-refractivity contribution in [3.8, 4) is 5.75 Å². The number of anilines is 1. The Kier molecular flexibility index (Phi) is 5.33. The zero-order chi connectivity index (χ0) is 18.7. The van der Waals surface area contributed by atoms with Gasteiger partial charge >= 0.3 is 0 Å². The Morgan fingerprint density at radius 2 is 1.69 bits per heavy atom. The largest absolute Gasteiger partial charge is 0.497 e. The van der Waals surface area contributed by atoms with Gasteiger partial charge in [-0.15, -0.1) is 11.3 Å². The molecule has 26 heavy (non-hydrogen) atoms. The summed E-state index contributed by atoms with van der Waals surface area (Å²) >= 11 is 1.49. The van der Waals surface area contributed by atoms with E-state index in [0.29, 0.717) is 5.13 Å². The van der Waals surface area contributed by atoms with Crippen molar-refractivity contribution in [2.24, 2.45) is 0 Å². The molecule has 1 aromatic heterocycles. The fourth-order valence-electron chi connectivity index (χ4n) is 3.07. The zero-order valence-electron chi connectivity index (χ0n) is 15.8. The Morgan fingerprint density at radius 1 is 1.04 bits per heavy atom. The van der Waals surface area contributed by atoms with Crippen LogP contribution >= 0.6 is 11.3 Å². The van der Waals surface area contributed by atoms with Crippen LogP contribution in [0.25, 0.3) is 0 Å². The van der Waals surface area contributed by atoms with Gasteiger partial charge < -0.3 is 10.5 Å². The Bertz CT molecular complexity index is 845. The molecule has 0 bridgehead atoms. The summed E-state index contributed by atoms with van der Waals surface area (Å²) in [5.41, 5.74) is 10.9. The maximum Gasteiger partial charge on any atom is 0.180 e. The zero-order valence-corrected chi connectivity index (χ0v) is 16.6. The van der Waals surface area contributed by atoms with Crippen molar-refractivity contribution in [3.05, 3.63) is 76.3 Å². The molecule has 1 heterocycles. The van der Waals surface area contributed by atoms with Crippen LogP contribution < -0.4 is 10.5 Å². The van der Waals surface area contributed by atoms with Gasteiger partial charge in [0.15, 0.2) is 5.13 Å². The minimum atomic E-state index is 0.164. The Balaban J connectivity index is 1.90. The Morgan fingerprint density at radius 3 is 2.19 bits per heavy atom. The van der Waals surface area contributed by atoms with E-state index in [1.54, 1.807) is 7.11 Å². The lowest BCUT2D eigenvalue weighted by Gasteiger charge is -2.20. The van der Waals surface area contributed by atoms with E-state index in [4.69, 9.17) is 10.5 Å². The van der Waals surface area contributed by atoms with Crippen molar-refractivity contribution in [2.75, 3.05) is 12.8 Å². The van der Waals surface area contributed by atoms with E-state index in [1.165, 1.54) is 28.0 Å². The van der Waals surface area contributed by atoms with Gasteiger partial charge in [-0.25, -0.2) is 4.98 Å².